The van der Waals surface area contributed by atoms with Gasteiger partial charge in [0.05, 0.1) is 22.7 Å². The van der Waals surface area contributed by atoms with Crippen LogP contribution in [0.3, 0.4) is 0 Å². The zero-order valence-electron chi connectivity index (χ0n) is 23.0. The lowest BCUT2D eigenvalue weighted by molar-refractivity contribution is -0.140. The van der Waals surface area contributed by atoms with Gasteiger partial charge in [-0.3, -0.25) is 14.9 Å². The van der Waals surface area contributed by atoms with E-state index in [1.807, 2.05) is 43.7 Å². The summed E-state index contributed by atoms with van der Waals surface area (Å²) in [6.07, 6.45) is 5.45. The molecular formula is C30H37N5O4. The van der Waals surface area contributed by atoms with Crippen molar-refractivity contribution in [2.24, 2.45) is 5.92 Å². The van der Waals surface area contributed by atoms with Gasteiger partial charge in [0, 0.05) is 50.4 Å². The minimum Gasteiger partial charge on any atom is -0.353 e. The standard InChI is InChI=1S/C30H37N5O4/c1-4-38-27(39-5-2)17-18-35-26-16-15-24(34(3)29(37)23-9-7-6-8-10-23)19-25(26)32-30(35)33-28(36)22-13-11-21(20-31)12-14-22/h11-16,19,23,27H,4-10,17-18H2,1-3H3,(H,32,33,36). The van der Waals surface area contributed by atoms with Gasteiger partial charge in [-0.15, -0.1) is 0 Å². The number of anilines is 2. The summed E-state index contributed by atoms with van der Waals surface area (Å²) in [4.78, 5) is 32.7. The molecule has 2 amide bonds. The third-order valence-electron chi connectivity index (χ3n) is 7.20. The molecule has 0 aliphatic heterocycles. The number of nitrogens with one attached hydrogen (secondary N) is 1. The molecule has 0 radical (unpaired) electrons. The zero-order chi connectivity index (χ0) is 27.8. The van der Waals surface area contributed by atoms with E-state index in [0.717, 1.165) is 36.9 Å². The molecule has 1 fully saturated rings. The first-order chi connectivity index (χ1) is 18.9. The molecule has 9 heteroatoms. The summed E-state index contributed by atoms with van der Waals surface area (Å²) in [5, 5.41) is 12.0. The SMILES string of the molecule is CCOC(CCn1c(NC(=O)c2ccc(C#N)cc2)nc2cc(N(C)C(=O)C3CCCCC3)ccc21)OCC. The molecule has 3 aromatic rings. The number of fused-ring (bicyclic) bond motifs is 1. The van der Waals surface area contributed by atoms with Crippen LogP contribution in [0.4, 0.5) is 11.6 Å². The number of hydrogen-bond donors (Lipinski definition) is 1. The molecule has 1 saturated carbocycles. The lowest BCUT2D eigenvalue weighted by atomic mass is 9.88. The number of carbonyl (C=O) groups excluding carboxylic acids is 2. The molecule has 9 nitrogen and oxygen atoms in total. The molecule has 1 aromatic heterocycles. The number of aryl methyl sites for hydroxylation is 1. The van der Waals surface area contributed by atoms with E-state index in [1.54, 1.807) is 29.2 Å². The second kappa shape index (κ2) is 13.4. The summed E-state index contributed by atoms with van der Waals surface area (Å²) in [5.74, 6) is 0.268. The largest absolute Gasteiger partial charge is 0.353 e. The van der Waals surface area contributed by atoms with Crippen molar-refractivity contribution in [1.29, 1.82) is 5.26 Å². The van der Waals surface area contributed by atoms with Crippen molar-refractivity contribution in [1.82, 2.24) is 9.55 Å². The third kappa shape index (κ3) is 6.83. The molecule has 0 saturated heterocycles. The van der Waals surface area contributed by atoms with Crippen LogP contribution in [0.2, 0.25) is 0 Å². The molecule has 0 spiro atoms. The molecule has 1 N–H and O–H groups in total. The van der Waals surface area contributed by atoms with Crippen molar-refractivity contribution in [3.8, 4) is 6.07 Å². The third-order valence-corrected chi connectivity index (χ3v) is 7.20. The van der Waals surface area contributed by atoms with Gasteiger partial charge in [-0.2, -0.15) is 5.26 Å². The predicted octanol–water partition coefficient (Wildman–Crippen LogP) is 5.49. The Bertz CT molecular complexity index is 1320. The van der Waals surface area contributed by atoms with Gasteiger partial charge in [0.2, 0.25) is 11.9 Å². The number of benzene rings is 2. The minimum absolute atomic E-state index is 0.0633. The molecule has 0 unspecified atom stereocenters. The number of aromatic nitrogens is 2. The van der Waals surface area contributed by atoms with Crippen LogP contribution in [-0.4, -0.2) is 47.9 Å². The van der Waals surface area contributed by atoms with Crippen LogP contribution in [0, 0.1) is 17.2 Å². The van der Waals surface area contributed by atoms with Crippen LogP contribution in [0.25, 0.3) is 11.0 Å². The number of ether oxygens (including phenoxy) is 2. The minimum atomic E-state index is -0.377. The second-order valence-electron chi connectivity index (χ2n) is 9.76. The molecule has 206 valence electrons. The van der Waals surface area contributed by atoms with Crippen molar-refractivity contribution in [3.05, 3.63) is 53.6 Å². The molecule has 39 heavy (non-hydrogen) atoms. The molecule has 0 atom stereocenters. The number of hydrogen-bond acceptors (Lipinski definition) is 6. The number of nitrogens with zero attached hydrogens (tertiary/aromatic N) is 4. The Balaban J connectivity index is 1.63. The summed E-state index contributed by atoms with van der Waals surface area (Å²) in [6, 6.07) is 14.3. The Morgan fingerprint density at radius 1 is 1.10 bits per heavy atom. The summed E-state index contributed by atoms with van der Waals surface area (Å²) in [5.41, 5.74) is 3.19. The zero-order valence-corrected chi connectivity index (χ0v) is 23.0. The fourth-order valence-electron chi connectivity index (χ4n) is 5.09. The first-order valence-corrected chi connectivity index (χ1v) is 13.8. The summed E-state index contributed by atoms with van der Waals surface area (Å²) in [6.45, 7) is 5.41. The Morgan fingerprint density at radius 3 is 2.44 bits per heavy atom. The van der Waals surface area contributed by atoms with Crippen molar-refractivity contribution in [2.75, 3.05) is 30.5 Å². The second-order valence-corrected chi connectivity index (χ2v) is 9.76. The maximum absolute atomic E-state index is 13.2. The Morgan fingerprint density at radius 2 is 1.79 bits per heavy atom. The van der Waals surface area contributed by atoms with Crippen LogP contribution >= 0.6 is 0 Å². The topological polar surface area (TPSA) is 109 Å². The van der Waals surface area contributed by atoms with Crippen molar-refractivity contribution >= 4 is 34.5 Å². The van der Waals surface area contributed by atoms with Gasteiger partial charge in [0.15, 0.2) is 6.29 Å². The average molecular weight is 532 g/mol. The molecule has 1 heterocycles. The van der Waals surface area contributed by atoms with E-state index >= 15 is 0 Å². The lowest BCUT2D eigenvalue weighted by Crippen LogP contribution is -2.33. The van der Waals surface area contributed by atoms with Gasteiger partial charge in [-0.05, 0) is 69.2 Å². The Kier molecular flexibility index (Phi) is 9.69. The van der Waals surface area contributed by atoms with E-state index in [-0.39, 0.29) is 24.0 Å². The maximum Gasteiger partial charge on any atom is 0.257 e. The van der Waals surface area contributed by atoms with Crippen LogP contribution in [0.5, 0.6) is 0 Å². The monoisotopic (exact) mass is 531 g/mol. The first kappa shape index (κ1) is 28.3. The van der Waals surface area contributed by atoms with Crippen LogP contribution in [0.15, 0.2) is 42.5 Å². The van der Waals surface area contributed by atoms with Gasteiger partial charge >= 0.3 is 0 Å². The smallest absolute Gasteiger partial charge is 0.257 e. The summed E-state index contributed by atoms with van der Waals surface area (Å²) in [7, 11) is 1.82. The van der Waals surface area contributed by atoms with Crippen molar-refractivity contribution < 1.29 is 19.1 Å². The van der Waals surface area contributed by atoms with E-state index < -0.39 is 0 Å². The normalized spacial score (nSPS) is 13.9. The highest BCUT2D eigenvalue weighted by Gasteiger charge is 2.25. The highest BCUT2D eigenvalue weighted by Crippen LogP contribution is 2.30. The van der Waals surface area contributed by atoms with E-state index in [2.05, 4.69) is 11.4 Å². The molecule has 2 aromatic carbocycles. The van der Waals surface area contributed by atoms with Gasteiger partial charge in [0.25, 0.3) is 5.91 Å². The predicted molar refractivity (Wildman–Crippen MR) is 150 cm³/mol. The van der Waals surface area contributed by atoms with E-state index in [1.165, 1.54) is 6.42 Å². The number of rotatable bonds is 11. The van der Waals surface area contributed by atoms with Crippen molar-refractivity contribution in [3.63, 3.8) is 0 Å². The summed E-state index contributed by atoms with van der Waals surface area (Å²) < 4.78 is 13.4. The molecule has 0 bridgehead atoms. The van der Waals surface area contributed by atoms with Crippen LogP contribution < -0.4 is 10.2 Å². The molecule has 4 rings (SSSR count). The van der Waals surface area contributed by atoms with Crippen LogP contribution in [0.1, 0.15) is 68.3 Å². The Hall–Kier alpha value is -3.74. The molecular weight excluding hydrogens is 494 g/mol. The Labute approximate surface area is 229 Å². The maximum atomic E-state index is 13.2. The number of imidazole rings is 1. The fraction of sp³-hybridized carbons (Fsp3) is 0.467. The lowest BCUT2D eigenvalue weighted by Gasteiger charge is -2.26. The fourth-order valence-corrected chi connectivity index (χ4v) is 5.09. The molecule has 1 aliphatic carbocycles. The summed E-state index contributed by atoms with van der Waals surface area (Å²) >= 11 is 0. The van der Waals surface area contributed by atoms with Gasteiger partial charge in [0.1, 0.15) is 0 Å². The number of carbonyl (C=O) groups is 2. The number of nitriles is 1. The quantitative estimate of drug-likeness (QED) is 0.328. The highest BCUT2D eigenvalue weighted by molar-refractivity contribution is 6.04. The van der Waals surface area contributed by atoms with E-state index in [0.29, 0.717) is 48.8 Å². The van der Waals surface area contributed by atoms with E-state index in [4.69, 9.17) is 19.7 Å². The first-order valence-electron chi connectivity index (χ1n) is 13.8. The van der Waals surface area contributed by atoms with Gasteiger partial charge in [-0.1, -0.05) is 19.3 Å². The average Bonchev–Trinajstić information content (AvgIpc) is 3.31. The van der Waals surface area contributed by atoms with Crippen LogP contribution in [-0.2, 0) is 20.8 Å². The van der Waals surface area contributed by atoms with E-state index in [9.17, 15) is 9.59 Å². The molecule has 1 aliphatic rings. The number of amides is 2. The van der Waals surface area contributed by atoms with Crippen molar-refractivity contribution in [2.45, 2.75) is 65.2 Å². The van der Waals surface area contributed by atoms with Gasteiger partial charge < -0.3 is 18.9 Å². The highest BCUT2D eigenvalue weighted by atomic mass is 16.7. The van der Waals surface area contributed by atoms with Gasteiger partial charge in [-0.25, -0.2) is 4.98 Å².